The van der Waals surface area contributed by atoms with E-state index in [-0.39, 0.29) is 5.91 Å². The first kappa shape index (κ1) is 14.0. The largest absolute Gasteiger partial charge is 0.385 e. The molecule has 20 heavy (non-hydrogen) atoms. The highest BCUT2D eigenvalue weighted by atomic mass is 16.1. The van der Waals surface area contributed by atoms with Gasteiger partial charge >= 0.3 is 0 Å². The van der Waals surface area contributed by atoms with Crippen LogP contribution in [0.3, 0.4) is 0 Å². The molecule has 0 aliphatic rings. The van der Waals surface area contributed by atoms with Gasteiger partial charge in [-0.15, -0.1) is 0 Å². The number of hydrogen-bond acceptors (Lipinski definition) is 4. The lowest BCUT2D eigenvalue weighted by Gasteiger charge is -2.12. The van der Waals surface area contributed by atoms with E-state index < -0.39 is 0 Å². The van der Waals surface area contributed by atoms with Gasteiger partial charge in [-0.2, -0.15) is 0 Å². The van der Waals surface area contributed by atoms with Gasteiger partial charge in [-0.25, -0.2) is 9.97 Å². The normalized spacial score (nSPS) is 10.1. The standard InChI is InChI=1S/C15H18N4O/c1-3-17-14-5-4-11(2)8-13(14)15(20)18-9-12-6-7-16-10-19-12/h4-8,10,17H,3,9H2,1-2H3,(H,18,20). The molecule has 0 fully saturated rings. The van der Waals surface area contributed by atoms with Crippen molar-refractivity contribution in [3.63, 3.8) is 0 Å². The number of amides is 1. The molecule has 0 aliphatic carbocycles. The van der Waals surface area contributed by atoms with Crippen molar-refractivity contribution in [3.05, 3.63) is 53.6 Å². The second-order valence-electron chi connectivity index (χ2n) is 4.46. The molecule has 0 radical (unpaired) electrons. The van der Waals surface area contributed by atoms with Crippen LogP contribution in [0.1, 0.15) is 28.5 Å². The molecule has 5 heteroatoms. The first-order chi connectivity index (χ1) is 9.70. The van der Waals surface area contributed by atoms with Crippen LogP contribution in [0.15, 0.2) is 36.8 Å². The van der Waals surface area contributed by atoms with Crippen molar-refractivity contribution in [3.8, 4) is 0 Å². The molecule has 0 unspecified atom stereocenters. The molecule has 1 heterocycles. The van der Waals surface area contributed by atoms with Crippen LogP contribution in [0.2, 0.25) is 0 Å². The van der Waals surface area contributed by atoms with E-state index in [1.807, 2.05) is 32.0 Å². The van der Waals surface area contributed by atoms with Crippen LogP contribution < -0.4 is 10.6 Å². The van der Waals surface area contributed by atoms with E-state index in [0.29, 0.717) is 12.1 Å². The van der Waals surface area contributed by atoms with E-state index in [4.69, 9.17) is 0 Å². The van der Waals surface area contributed by atoms with Gasteiger partial charge in [0.05, 0.1) is 17.8 Å². The summed E-state index contributed by atoms with van der Waals surface area (Å²) in [4.78, 5) is 20.2. The van der Waals surface area contributed by atoms with Crippen molar-refractivity contribution in [1.29, 1.82) is 0 Å². The Balaban J connectivity index is 2.10. The van der Waals surface area contributed by atoms with Crippen molar-refractivity contribution < 1.29 is 4.79 Å². The lowest BCUT2D eigenvalue weighted by atomic mass is 10.1. The fraction of sp³-hybridized carbons (Fsp3) is 0.267. The minimum Gasteiger partial charge on any atom is -0.385 e. The zero-order valence-electron chi connectivity index (χ0n) is 11.7. The number of carbonyl (C=O) groups is 1. The molecule has 0 saturated heterocycles. The molecule has 1 aromatic heterocycles. The Morgan fingerprint density at radius 1 is 1.30 bits per heavy atom. The van der Waals surface area contributed by atoms with Crippen LogP contribution in [0, 0.1) is 6.92 Å². The molecule has 0 atom stereocenters. The molecular weight excluding hydrogens is 252 g/mol. The smallest absolute Gasteiger partial charge is 0.253 e. The van der Waals surface area contributed by atoms with Gasteiger partial charge in [0.2, 0.25) is 0 Å². The SMILES string of the molecule is CCNc1ccc(C)cc1C(=O)NCc1ccncn1. The summed E-state index contributed by atoms with van der Waals surface area (Å²) in [5, 5.41) is 6.07. The fourth-order valence-corrected chi connectivity index (χ4v) is 1.88. The van der Waals surface area contributed by atoms with E-state index in [1.165, 1.54) is 6.33 Å². The summed E-state index contributed by atoms with van der Waals surface area (Å²) >= 11 is 0. The Bertz CT molecular complexity index is 584. The predicted octanol–water partition coefficient (Wildman–Crippen LogP) is 2.15. The number of nitrogens with one attached hydrogen (secondary N) is 2. The predicted molar refractivity (Wildman–Crippen MR) is 78.5 cm³/mol. The number of hydrogen-bond donors (Lipinski definition) is 2. The van der Waals surface area contributed by atoms with Crippen molar-refractivity contribution in [2.75, 3.05) is 11.9 Å². The number of carbonyl (C=O) groups excluding carboxylic acids is 1. The third kappa shape index (κ3) is 3.54. The minimum absolute atomic E-state index is 0.108. The first-order valence-electron chi connectivity index (χ1n) is 6.58. The molecule has 0 aliphatic heterocycles. The van der Waals surface area contributed by atoms with Gasteiger partial charge in [0.1, 0.15) is 6.33 Å². The lowest BCUT2D eigenvalue weighted by molar-refractivity contribution is 0.0951. The van der Waals surface area contributed by atoms with Crippen molar-refractivity contribution in [1.82, 2.24) is 15.3 Å². The maximum absolute atomic E-state index is 12.3. The molecule has 5 nitrogen and oxygen atoms in total. The summed E-state index contributed by atoms with van der Waals surface area (Å²) in [7, 11) is 0. The maximum atomic E-state index is 12.3. The number of nitrogens with zero attached hydrogens (tertiary/aromatic N) is 2. The third-order valence-corrected chi connectivity index (χ3v) is 2.86. The van der Waals surface area contributed by atoms with Gasteiger partial charge in [0.25, 0.3) is 5.91 Å². The summed E-state index contributed by atoms with van der Waals surface area (Å²) < 4.78 is 0. The quantitative estimate of drug-likeness (QED) is 0.873. The van der Waals surface area contributed by atoms with Gasteiger partial charge in [-0.05, 0) is 32.0 Å². The van der Waals surface area contributed by atoms with Crippen molar-refractivity contribution in [2.24, 2.45) is 0 Å². The van der Waals surface area contributed by atoms with Crippen LogP contribution in [-0.4, -0.2) is 22.4 Å². The minimum atomic E-state index is -0.108. The topological polar surface area (TPSA) is 66.9 Å². The van der Waals surface area contributed by atoms with Crippen LogP contribution >= 0.6 is 0 Å². The second-order valence-corrected chi connectivity index (χ2v) is 4.46. The van der Waals surface area contributed by atoms with Crippen molar-refractivity contribution >= 4 is 11.6 Å². The van der Waals surface area contributed by atoms with Crippen LogP contribution in [-0.2, 0) is 6.54 Å². The Labute approximate surface area is 118 Å². The average Bonchev–Trinajstić information content (AvgIpc) is 2.48. The average molecular weight is 270 g/mol. The first-order valence-corrected chi connectivity index (χ1v) is 6.58. The van der Waals surface area contributed by atoms with Crippen LogP contribution in [0.5, 0.6) is 0 Å². The van der Waals surface area contributed by atoms with Gasteiger partial charge in [0.15, 0.2) is 0 Å². The highest BCUT2D eigenvalue weighted by molar-refractivity contribution is 5.99. The zero-order valence-corrected chi connectivity index (χ0v) is 11.7. The van der Waals surface area contributed by atoms with Gasteiger partial charge in [-0.3, -0.25) is 4.79 Å². The third-order valence-electron chi connectivity index (χ3n) is 2.86. The highest BCUT2D eigenvalue weighted by Crippen LogP contribution is 2.17. The molecule has 0 saturated carbocycles. The summed E-state index contributed by atoms with van der Waals surface area (Å²) in [5.41, 5.74) is 3.34. The van der Waals surface area contributed by atoms with E-state index >= 15 is 0 Å². The summed E-state index contributed by atoms with van der Waals surface area (Å²) in [6, 6.07) is 7.58. The number of anilines is 1. The number of aryl methyl sites for hydroxylation is 1. The Kier molecular flexibility index (Phi) is 4.65. The molecule has 2 N–H and O–H groups in total. The number of rotatable bonds is 5. The molecule has 1 amide bonds. The molecule has 2 rings (SSSR count). The van der Waals surface area contributed by atoms with E-state index in [9.17, 15) is 4.79 Å². The fourth-order valence-electron chi connectivity index (χ4n) is 1.88. The zero-order chi connectivity index (χ0) is 14.4. The van der Waals surface area contributed by atoms with E-state index in [0.717, 1.165) is 23.5 Å². The van der Waals surface area contributed by atoms with E-state index in [1.54, 1.807) is 12.3 Å². The van der Waals surface area contributed by atoms with Crippen LogP contribution in [0.4, 0.5) is 5.69 Å². The summed E-state index contributed by atoms with van der Waals surface area (Å²) in [6.45, 7) is 5.13. The maximum Gasteiger partial charge on any atom is 0.253 e. The van der Waals surface area contributed by atoms with Crippen LogP contribution in [0.25, 0.3) is 0 Å². The Hall–Kier alpha value is -2.43. The molecule has 2 aromatic rings. The van der Waals surface area contributed by atoms with Gasteiger partial charge in [0, 0.05) is 18.4 Å². The Morgan fingerprint density at radius 3 is 2.85 bits per heavy atom. The van der Waals surface area contributed by atoms with Gasteiger partial charge in [-0.1, -0.05) is 11.6 Å². The molecule has 104 valence electrons. The number of aromatic nitrogens is 2. The molecule has 0 spiro atoms. The molecule has 1 aromatic carbocycles. The monoisotopic (exact) mass is 270 g/mol. The highest BCUT2D eigenvalue weighted by Gasteiger charge is 2.11. The van der Waals surface area contributed by atoms with Crippen molar-refractivity contribution in [2.45, 2.75) is 20.4 Å². The second kappa shape index (κ2) is 6.65. The lowest BCUT2D eigenvalue weighted by Crippen LogP contribution is -2.24. The molecular formula is C15H18N4O. The summed E-state index contributed by atoms with van der Waals surface area (Å²) in [6.07, 6.45) is 3.13. The van der Waals surface area contributed by atoms with Gasteiger partial charge < -0.3 is 10.6 Å². The summed E-state index contributed by atoms with van der Waals surface area (Å²) in [5.74, 6) is -0.108. The Morgan fingerprint density at radius 2 is 2.15 bits per heavy atom. The number of benzene rings is 1. The van der Waals surface area contributed by atoms with E-state index in [2.05, 4.69) is 20.6 Å². The molecule has 0 bridgehead atoms.